The molecular formula is C12H18N2O2. The van der Waals surface area contributed by atoms with E-state index >= 15 is 0 Å². The number of rotatable bonds is 3. The lowest BCUT2D eigenvalue weighted by molar-refractivity contribution is 0.149. The lowest BCUT2D eigenvalue weighted by Gasteiger charge is -2.19. The molecule has 0 spiro atoms. The van der Waals surface area contributed by atoms with Crippen LogP contribution in [0.1, 0.15) is 12.5 Å². The summed E-state index contributed by atoms with van der Waals surface area (Å²) < 4.78 is 0. The Balaban J connectivity index is 2.54. The Hall–Kier alpha value is -1.55. The van der Waals surface area contributed by atoms with Crippen LogP contribution in [0.3, 0.4) is 0 Å². The summed E-state index contributed by atoms with van der Waals surface area (Å²) in [6.07, 6.45) is -0.520. The Kier molecular flexibility index (Phi) is 4.31. The van der Waals surface area contributed by atoms with Crippen molar-refractivity contribution in [2.45, 2.75) is 20.0 Å². The van der Waals surface area contributed by atoms with Gasteiger partial charge in [-0.3, -0.25) is 0 Å². The average molecular weight is 222 g/mol. The zero-order valence-corrected chi connectivity index (χ0v) is 9.90. The van der Waals surface area contributed by atoms with Crippen molar-refractivity contribution in [3.8, 4) is 0 Å². The van der Waals surface area contributed by atoms with Crippen molar-refractivity contribution in [2.24, 2.45) is 0 Å². The van der Waals surface area contributed by atoms with Gasteiger partial charge in [-0.15, -0.1) is 0 Å². The Morgan fingerprint density at radius 1 is 1.44 bits per heavy atom. The number of aliphatic hydroxyl groups is 1. The van der Waals surface area contributed by atoms with Crippen molar-refractivity contribution in [1.82, 2.24) is 4.90 Å². The van der Waals surface area contributed by atoms with Crippen LogP contribution in [0, 0.1) is 6.92 Å². The van der Waals surface area contributed by atoms with Crippen LogP contribution >= 0.6 is 0 Å². The summed E-state index contributed by atoms with van der Waals surface area (Å²) in [7, 11) is 1.65. The van der Waals surface area contributed by atoms with E-state index in [1.165, 1.54) is 4.90 Å². The van der Waals surface area contributed by atoms with E-state index in [2.05, 4.69) is 5.32 Å². The van der Waals surface area contributed by atoms with Crippen molar-refractivity contribution < 1.29 is 9.90 Å². The average Bonchev–Trinajstić information content (AvgIpc) is 2.20. The first-order chi connectivity index (χ1) is 7.49. The fourth-order valence-corrected chi connectivity index (χ4v) is 1.34. The van der Waals surface area contributed by atoms with Gasteiger partial charge in [-0.25, -0.2) is 4.79 Å². The minimum atomic E-state index is -0.520. The molecular weight excluding hydrogens is 204 g/mol. The largest absolute Gasteiger partial charge is 0.392 e. The second-order valence-corrected chi connectivity index (χ2v) is 4.03. The third-order valence-corrected chi connectivity index (χ3v) is 2.19. The Morgan fingerprint density at radius 2 is 2.00 bits per heavy atom. The standard InChI is InChI=1S/C12H18N2O2/c1-9-4-6-11(7-5-9)13-12(16)14(3)8-10(2)15/h4-7,10,15H,8H2,1-3H3,(H,13,16). The summed E-state index contributed by atoms with van der Waals surface area (Å²) in [5, 5.41) is 11.9. The molecule has 1 rings (SSSR count). The zero-order valence-electron chi connectivity index (χ0n) is 9.90. The SMILES string of the molecule is Cc1ccc(NC(=O)N(C)CC(C)O)cc1. The molecule has 0 radical (unpaired) electrons. The maximum absolute atomic E-state index is 11.6. The summed E-state index contributed by atoms with van der Waals surface area (Å²) in [4.78, 5) is 13.1. The van der Waals surface area contributed by atoms with Crippen LogP contribution in [0.2, 0.25) is 0 Å². The summed E-state index contributed by atoms with van der Waals surface area (Å²) >= 11 is 0. The molecule has 1 aromatic carbocycles. The predicted octanol–water partition coefficient (Wildman–Crippen LogP) is 1.84. The van der Waals surface area contributed by atoms with E-state index in [4.69, 9.17) is 5.11 Å². The zero-order chi connectivity index (χ0) is 12.1. The third kappa shape index (κ3) is 3.90. The van der Waals surface area contributed by atoms with Crippen LogP contribution in [0.25, 0.3) is 0 Å². The van der Waals surface area contributed by atoms with Gasteiger partial charge in [0, 0.05) is 19.3 Å². The van der Waals surface area contributed by atoms with Crippen molar-refractivity contribution in [1.29, 1.82) is 0 Å². The lowest BCUT2D eigenvalue weighted by atomic mass is 10.2. The Bertz CT molecular complexity index is 347. The highest BCUT2D eigenvalue weighted by atomic mass is 16.3. The molecule has 0 aliphatic carbocycles. The molecule has 2 N–H and O–H groups in total. The second kappa shape index (κ2) is 5.51. The number of carbonyl (C=O) groups is 1. The number of urea groups is 1. The normalized spacial score (nSPS) is 12.0. The van der Waals surface area contributed by atoms with E-state index in [9.17, 15) is 4.79 Å². The van der Waals surface area contributed by atoms with E-state index in [1.54, 1.807) is 14.0 Å². The molecule has 1 aromatic rings. The minimum absolute atomic E-state index is 0.218. The van der Waals surface area contributed by atoms with Crippen molar-refractivity contribution in [3.63, 3.8) is 0 Å². The topological polar surface area (TPSA) is 52.6 Å². The molecule has 0 heterocycles. The highest BCUT2D eigenvalue weighted by Gasteiger charge is 2.10. The monoisotopic (exact) mass is 222 g/mol. The number of hydrogen-bond donors (Lipinski definition) is 2. The van der Waals surface area contributed by atoms with Crippen molar-refractivity contribution in [2.75, 3.05) is 18.9 Å². The van der Waals surface area contributed by atoms with Crippen LogP contribution in [-0.4, -0.2) is 35.7 Å². The number of aliphatic hydroxyl groups excluding tert-OH is 1. The minimum Gasteiger partial charge on any atom is -0.392 e. The van der Waals surface area contributed by atoms with Crippen LogP contribution in [0.4, 0.5) is 10.5 Å². The van der Waals surface area contributed by atoms with Gasteiger partial charge in [-0.1, -0.05) is 17.7 Å². The van der Waals surface area contributed by atoms with E-state index in [0.29, 0.717) is 6.54 Å². The highest BCUT2D eigenvalue weighted by Crippen LogP contribution is 2.09. The number of amides is 2. The second-order valence-electron chi connectivity index (χ2n) is 4.03. The molecule has 0 aliphatic heterocycles. The number of hydrogen-bond acceptors (Lipinski definition) is 2. The Labute approximate surface area is 95.9 Å². The van der Waals surface area contributed by atoms with Crippen LogP contribution in [-0.2, 0) is 0 Å². The number of aryl methyl sites for hydroxylation is 1. The first-order valence-corrected chi connectivity index (χ1v) is 5.26. The quantitative estimate of drug-likeness (QED) is 0.820. The highest BCUT2D eigenvalue weighted by molar-refractivity contribution is 5.89. The summed E-state index contributed by atoms with van der Waals surface area (Å²) in [5.41, 5.74) is 1.91. The summed E-state index contributed by atoms with van der Waals surface area (Å²) in [6.45, 7) is 3.96. The molecule has 88 valence electrons. The van der Waals surface area contributed by atoms with Gasteiger partial charge in [0.25, 0.3) is 0 Å². The van der Waals surface area contributed by atoms with E-state index < -0.39 is 6.10 Å². The number of nitrogens with zero attached hydrogens (tertiary/aromatic N) is 1. The van der Waals surface area contributed by atoms with Gasteiger partial charge in [0.05, 0.1) is 6.10 Å². The van der Waals surface area contributed by atoms with E-state index in [1.807, 2.05) is 31.2 Å². The summed E-state index contributed by atoms with van der Waals surface area (Å²) in [6, 6.07) is 7.35. The number of benzene rings is 1. The van der Waals surface area contributed by atoms with Crippen LogP contribution < -0.4 is 5.32 Å². The first-order valence-electron chi connectivity index (χ1n) is 5.26. The van der Waals surface area contributed by atoms with Gasteiger partial charge in [0.2, 0.25) is 0 Å². The number of nitrogens with one attached hydrogen (secondary N) is 1. The molecule has 4 nitrogen and oxygen atoms in total. The third-order valence-electron chi connectivity index (χ3n) is 2.19. The van der Waals surface area contributed by atoms with Crippen molar-refractivity contribution in [3.05, 3.63) is 29.8 Å². The molecule has 1 unspecified atom stereocenters. The predicted molar refractivity (Wildman–Crippen MR) is 64.5 cm³/mol. The first kappa shape index (κ1) is 12.5. The molecule has 0 aromatic heterocycles. The fourth-order valence-electron chi connectivity index (χ4n) is 1.34. The maximum Gasteiger partial charge on any atom is 0.321 e. The van der Waals surface area contributed by atoms with Gasteiger partial charge in [0.15, 0.2) is 0 Å². The molecule has 0 bridgehead atoms. The molecule has 0 fully saturated rings. The van der Waals surface area contributed by atoms with Crippen molar-refractivity contribution >= 4 is 11.7 Å². The maximum atomic E-state index is 11.6. The molecule has 1 atom stereocenters. The number of anilines is 1. The molecule has 0 saturated heterocycles. The molecule has 0 aliphatic rings. The number of carbonyl (C=O) groups excluding carboxylic acids is 1. The number of likely N-dealkylation sites (N-methyl/N-ethyl adjacent to an activating group) is 1. The lowest BCUT2D eigenvalue weighted by Crippen LogP contribution is -2.36. The van der Waals surface area contributed by atoms with Crippen LogP contribution in [0.15, 0.2) is 24.3 Å². The van der Waals surface area contributed by atoms with Gasteiger partial charge in [-0.2, -0.15) is 0 Å². The molecule has 0 saturated carbocycles. The van der Waals surface area contributed by atoms with Crippen LogP contribution in [0.5, 0.6) is 0 Å². The molecule has 4 heteroatoms. The fraction of sp³-hybridized carbons (Fsp3) is 0.417. The van der Waals surface area contributed by atoms with E-state index in [0.717, 1.165) is 11.3 Å². The van der Waals surface area contributed by atoms with Gasteiger partial charge in [0.1, 0.15) is 0 Å². The Morgan fingerprint density at radius 3 is 2.50 bits per heavy atom. The molecule has 16 heavy (non-hydrogen) atoms. The van der Waals surface area contributed by atoms with E-state index in [-0.39, 0.29) is 6.03 Å². The van der Waals surface area contributed by atoms with Gasteiger partial charge in [-0.05, 0) is 26.0 Å². The smallest absolute Gasteiger partial charge is 0.321 e. The van der Waals surface area contributed by atoms with Gasteiger partial charge < -0.3 is 15.3 Å². The van der Waals surface area contributed by atoms with Gasteiger partial charge >= 0.3 is 6.03 Å². The molecule has 2 amide bonds. The summed E-state index contributed by atoms with van der Waals surface area (Å²) in [5.74, 6) is 0.